The van der Waals surface area contributed by atoms with Crippen molar-refractivity contribution in [3.05, 3.63) is 139 Å². The normalized spacial score (nSPS) is 15.7. The SMILES string of the molecule is C=CCOC(=O)C(N1C(=O)[C@H](C(C)C)[C@H]1CC(=O)c1ccc(CNC(=O)OC(C)(C)C)cc1)=P(c1ccccc1)(c1ccccc1)c1ccccc1. The van der Waals surface area contributed by atoms with Crippen molar-refractivity contribution < 1.29 is 28.7 Å². The standard InChI is InChI=1S/C43H47N2O6P/c1-7-27-50-41(48)40(52(33-17-11-8-12-18-33,34-19-13-9-14-20-34)35-21-15-10-16-22-35)45-36(38(30(2)3)39(45)47)28-37(46)32-25-23-31(24-26-32)29-44-42(49)51-43(4,5)6/h7-26,30,36,38H,1,27-29H2,2-6H3,(H,44,49)/t36-,38-/m1/s1. The summed E-state index contributed by atoms with van der Waals surface area (Å²) in [6.07, 6.45) is 0.980. The molecular formula is C43H47N2O6P. The van der Waals surface area contributed by atoms with Gasteiger partial charge in [-0.2, -0.15) is 0 Å². The van der Waals surface area contributed by atoms with Gasteiger partial charge in [-0.1, -0.05) is 142 Å². The number of benzene rings is 4. The Bertz CT molecular complexity index is 1850. The molecule has 2 atom stereocenters. The zero-order valence-electron chi connectivity index (χ0n) is 30.5. The number of rotatable bonds is 13. The lowest BCUT2D eigenvalue weighted by molar-refractivity contribution is -0.153. The summed E-state index contributed by atoms with van der Waals surface area (Å²) >= 11 is 0. The highest BCUT2D eigenvalue weighted by Gasteiger charge is 2.55. The number of esters is 1. The van der Waals surface area contributed by atoms with Crippen molar-refractivity contribution in [3.63, 3.8) is 0 Å². The third-order valence-corrected chi connectivity index (χ3v) is 13.2. The Hall–Kier alpha value is -5.20. The number of hydrogen-bond acceptors (Lipinski definition) is 6. The number of ketones is 1. The zero-order valence-corrected chi connectivity index (χ0v) is 31.3. The van der Waals surface area contributed by atoms with Crippen LogP contribution in [0.25, 0.3) is 0 Å². The van der Waals surface area contributed by atoms with E-state index >= 15 is 0 Å². The Morgan fingerprint density at radius 1 is 0.827 bits per heavy atom. The molecule has 0 aliphatic carbocycles. The Morgan fingerprint density at radius 3 is 1.77 bits per heavy atom. The maximum absolute atomic E-state index is 14.7. The fraction of sp³-hybridized carbons (Fsp3) is 0.279. The van der Waals surface area contributed by atoms with Gasteiger partial charge >= 0.3 is 12.1 Å². The first kappa shape index (κ1) is 38.0. The van der Waals surface area contributed by atoms with Crippen LogP contribution < -0.4 is 21.2 Å². The number of hydrogen-bond donors (Lipinski definition) is 1. The smallest absolute Gasteiger partial charge is 0.407 e. The molecule has 1 heterocycles. The van der Waals surface area contributed by atoms with Crippen molar-refractivity contribution in [1.29, 1.82) is 0 Å². The van der Waals surface area contributed by atoms with E-state index in [-0.39, 0.29) is 42.6 Å². The first-order valence-electron chi connectivity index (χ1n) is 17.5. The minimum Gasteiger partial charge on any atom is -0.457 e. The van der Waals surface area contributed by atoms with Gasteiger partial charge in [-0.15, -0.1) is 0 Å². The summed E-state index contributed by atoms with van der Waals surface area (Å²) < 4.78 is 11.2. The molecule has 0 radical (unpaired) electrons. The summed E-state index contributed by atoms with van der Waals surface area (Å²) in [6, 6.07) is 35.8. The molecule has 1 saturated heterocycles. The van der Waals surface area contributed by atoms with Gasteiger partial charge in [-0.05, 0) is 48.2 Å². The number of β-lactam (4-membered cyclic amide) rings is 1. The number of carbonyl (C=O) groups is 4. The monoisotopic (exact) mass is 718 g/mol. The van der Waals surface area contributed by atoms with Gasteiger partial charge in [-0.3, -0.25) is 9.59 Å². The predicted octanol–water partition coefficient (Wildman–Crippen LogP) is 6.62. The number of alkyl carbamates (subject to hydrolysis) is 1. The molecule has 270 valence electrons. The van der Waals surface area contributed by atoms with Gasteiger partial charge in [0.15, 0.2) is 5.78 Å². The third-order valence-electron chi connectivity index (χ3n) is 8.98. The molecular weight excluding hydrogens is 671 g/mol. The summed E-state index contributed by atoms with van der Waals surface area (Å²) in [4.78, 5) is 56.9. The highest BCUT2D eigenvalue weighted by molar-refractivity contribution is 7.96. The molecule has 0 aromatic heterocycles. The highest BCUT2D eigenvalue weighted by atomic mass is 31.2. The molecule has 4 aromatic rings. The number of ether oxygens (including phenoxy) is 2. The van der Waals surface area contributed by atoms with E-state index in [0.717, 1.165) is 21.5 Å². The maximum atomic E-state index is 14.7. The molecule has 0 saturated carbocycles. The van der Waals surface area contributed by atoms with Crippen molar-refractivity contribution in [2.45, 2.75) is 59.2 Å². The molecule has 52 heavy (non-hydrogen) atoms. The van der Waals surface area contributed by atoms with Crippen LogP contribution in [0.3, 0.4) is 0 Å². The Labute approximate surface area is 306 Å². The van der Waals surface area contributed by atoms with Crippen LogP contribution in [0.15, 0.2) is 128 Å². The number of Topliss-reactive ketones (excluding diaryl/α,β-unsaturated/α-hetero) is 1. The van der Waals surface area contributed by atoms with E-state index in [1.165, 1.54) is 6.08 Å². The number of likely N-dealkylation sites (tertiary alicyclic amines) is 1. The molecule has 1 fully saturated rings. The van der Waals surface area contributed by atoms with Gasteiger partial charge in [0.25, 0.3) is 0 Å². The second-order valence-electron chi connectivity index (χ2n) is 14.1. The zero-order chi connectivity index (χ0) is 37.5. The van der Waals surface area contributed by atoms with Crippen LogP contribution in [0.5, 0.6) is 0 Å². The van der Waals surface area contributed by atoms with Crippen LogP contribution in [0.4, 0.5) is 4.79 Å². The average Bonchev–Trinajstić information content (AvgIpc) is 3.13. The van der Waals surface area contributed by atoms with Crippen LogP contribution in [0.2, 0.25) is 0 Å². The molecule has 1 aliphatic rings. The van der Waals surface area contributed by atoms with E-state index in [4.69, 9.17) is 9.47 Å². The Balaban J connectivity index is 1.63. The Morgan fingerprint density at radius 2 is 1.33 bits per heavy atom. The molecule has 4 aromatic carbocycles. The Kier molecular flexibility index (Phi) is 12.0. The van der Waals surface area contributed by atoms with Gasteiger partial charge < -0.3 is 19.7 Å². The first-order chi connectivity index (χ1) is 24.9. The lowest BCUT2D eigenvalue weighted by Crippen LogP contribution is -2.67. The molecule has 8 nitrogen and oxygen atoms in total. The number of amides is 2. The van der Waals surface area contributed by atoms with E-state index in [1.807, 2.05) is 105 Å². The second kappa shape index (κ2) is 16.4. The fourth-order valence-electron chi connectivity index (χ4n) is 6.75. The summed E-state index contributed by atoms with van der Waals surface area (Å²) in [7, 11) is 0. The van der Waals surface area contributed by atoms with Crippen molar-refractivity contribution in [3.8, 4) is 0 Å². The van der Waals surface area contributed by atoms with Crippen molar-refractivity contribution in [2.75, 3.05) is 6.61 Å². The minimum atomic E-state index is -3.11. The van der Waals surface area contributed by atoms with Crippen LogP contribution in [-0.4, -0.2) is 52.3 Å². The number of nitrogens with one attached hydrogen (secondary N) is 1. The summed E-state index contributed by atoms with van der Waals surface area (Å²) in [5, 5.41) is 5.36. The lowest BCUT2D eigenvalue weighted by atomic mass is 9.76. The van der Waals surface area contributed by atoms with Gasteiger partial charge in [0.05, 0.1) is 12.0 Å². The van der Waals surface area contributed by atoms with Crippen molar-refractivity contribution in [1.82, 2.24) is 10.2 Å². The summed E-state index contributed by atoms with van der Waals surface area (Å²) in [5.41, 5.74) is 0.886. The van der Waals surface area contributed by atoms with E-state index in [0.29, 0.717) is 5.56 Å². The molecule has 0 unspecified atom stereocenters. The number of nitrogens with zero attached hydrogens (tertiary/aromatic N) is 1. The highest BCUT2D eigenvalue weighted by Crippen LogP contribution is 2.50. The first-order valence-corrected chi connectivity index (χ1v) is 19.3. The molecule has 2 amide bonds. The largest absolute Gasteiger partial charge is 0.457 e. The molecule has 9 heteroatoms. The van der Waals surface area contributed by atoms with Gasteiger partial charge in [0.1, 0.15) is 17.6 Å². The van der Waals surface area contributed by atoms with Gasteiger partial charge in [0.2, 0.25) is 5.91 Å². The molecule has 1 N–H and O–H groups in total. The molecule has 5 rings (SSSR count). The van der Waals surface area contributed by atoms with E-state index < -0.39 is 36.5 Å². The van der Waals surface area contributed by atoms with Crippen LogP contribution in [0.1, 0.15) is 57.0 Å². The molecule has 0 spiro atoms. The van der Waals surface area contributed by atoms with E-state index in [1.54, 1.807) is 49.9 Å². The third kappa shape index (κ3) is 8.13. The quantitative estimate of drug-likeness (QED) is 0.0549. The predicted molar refractivity (Wildman–Crippen MR) is 209 cm³/mol. The summed E-state index contributed by atoms with van der Waals surface area (Å²) in [6.45, 7) is 10.2. The van der Waals surface area contributed by atoms with Crippen LogP contribution >= 0.6 is 6.89 Å². The lowest BCUT2D eigenvalue weighted by Gasteiger charge is -2.51. The fourth-order valence-corrected chi connectivity index (χ4v) is 11.1. The van der Waals surface area contributed by atoms with Crippen molar-refractivity contribution >= 4 is 52.0 Å². The average molecular weight is 719 g/mol. The van der Waals surface area contributed by atoms with Crippen molar-refractivity contribution in [2.24, 2.45) is 11.8 Å². The molecule has 0 bridgehead atoms. The van der Waals surface area contributed by atoms with E-state index in [9.17, 15) is 19.2 Å². The van der Waals surface area contributed by atoms with Crippen LogP contribution in [0, 0.1) is 11.8 Å². The van der Waals surface area contributed by atoms with Crippen LogP contribution in [-0.2, 0) is 25.6 Å². The molecule has 1 aliphatic heterocycles. The van der Waals surface area contributed by atoms with E-state index in [2.05, 4.69) is 11.9 Å². The minimum absolute atomic E-state index is 0.000694. The van der Waals surface area contributed by atoms with Gasteiger partial charge in [0, 0.05) is 25.4 Å². The maximum Gasteiger partial charge on any atom is 0.407 e. The number of carbonyl (C=O) groups excluding carboxylic acids is 4. The van der Waals surface area contributed by atoms with Gasteiger partial charge in [-0.25, -0.2) is 9.59 Å². The topological polar surface area (TPSA) is 102 Å². The summed E-state index contributed by atoms with van der Waals surface area (Å²) in [5.74, 6) is -1.59. The second-order valence-corrected chi connectivity index (χ2v) is 17.4.